The van der Waals surface area contributed by atoms with E-state index in [-0.39, 0.29) is 32.8 Å². The molecule has 2 heterocycles. The Morgan fingerprint density at radius 1 is 0.667 bits per heavy atom. The second-order valence-corrected chi connectivity index (χ2v) is 12.2. The lowest BCUT2D eigenvalue weighted by atomic mass is 9.89. The van der Waals surface area contributed by atoms with Crippen LogP contribution in [0.4, 0.5) is 31.5 Å². The van der Waals surface area contributed by atoms with E-state index in [4.69, 9.17) is 23.2 Å². The van der Waals surface area contributed by atoms with Gasteiger partial charge in [0.25, 0.3) is 11.4 Å². The lowest BCUT2D eigenvalue weighted by molar-refractivity contribution is -0.384. The van der Waals surface area contributed by atoms with Crippen molar-refractivity contribution in [1.29, 1.82) is 0 Å². The fraction of sp³-hybridized carbons (Fsp3) is 0.273. The van der Waals surface area contributed by atoms with Crippen molar-refractivity contribution in [2.45, 2.75) is 43.7 Å². The van der Waals surface area contributed by atoms with Gasteiger partial charge in [-0.15, -0.1) is 0 Å². The van der Waals surface area contributed by atoms with Gasteiger partial charge in [-0.3, -0.25) is 20.2 Å². The van der Waals surface area contributed by atoms with E-state index in [2.05, 4.69) is 12.1 Å². The van der Waals surface area contributed by atoms with Crippen molar-refractivity contribution in [2.24, 2.45) is 0 Å². The molecule has 0 spiro atoms. The van der Waals surface area contributed by atoms with Gasteiger partial charge in [-0.1, -0.05) is 65.7 Å². The summed E-state index contributed by atoms with van der Waals surface area (Å²) in [6.07, 6.45) is 2.42. The van der Waals surface area contributed by atoms with Crippen LogP contribution in [0, 0.1) is 31.9 Å². The second-order valence-electron chi connectivity index (χ2n) is 11.4. The third kappa shape index (κ3) is 6.04. The summed E-state index contributed by atoms with van der Waals surface area (Å²) in [5, 5.41) is 23.3. The van der Waals surface area contributed by atoms with Gasteiger partial charge in [0, 0.05) is 30.9 Å². The van der Waals surface area contributed by atoms with Gasteiger partial charge in [0.05, 0.1) is 21.9 Å². The van der Waals surface area contributed by atoms with Crippen molar-refractivity contribution in [3.63, 3.8) is 0 Å². The third-order valence-corrected chi connectivity index (χ3v) is 9.51. The van der Waals surface area contributed by atoms with E-state index < -0.39 is 33.6 Å². The van der Waals surface area contributed by atoms with E-state index in [1.807, 2.05) is 18.2 Å². The van der Waals surface area contributed by atoms with Crippen LogP contribution in [0.5, 0.6) is 0 Å². The van der Waals surface area contributed by atoms with E-state index in [0.29, 0.717) is 43.0 Å². The molecule has 2 aliphatic heterocycles. The van der Waals surface area contributed by atoms with Gasteiger partial charge in [-0.05, 0) is 72.6 Å². The van der Waals surface area contributed by atoms with Crippen LogP contribution in [0.1, 0.15) is 60.4 Å². The van der Waals surface area contributed by atoms with Crippen LogP contribution in [0.25, 0.3) is 0 Å². The number of nitrogens with zero attached hydrogens (tertiary/aromatic N) is 4. The number of rotatable bonds is 7. The van der Waals surface area contributed by atoms with Crippen LogP contribution in [-0.2, 0) is 0 Å². The number of piperidine rings is 1. The van der Waals surface area contributed by atoms with Crippen LogP contribution in [0.3, 0.4) is 0 Å². The minimum atomic E-state index is -0.725. The highest BCUT2D eigenvalue weighted by molar-refractivity contribution is 6.33. The summed E-state index contributed by atoms with van der Waals surface area (Å²) >= 11 is 12.2. The molecule has 2 aliphatic rings. The molecule has 0 radical (unpaired) electrons. The highest BCUT2D eigenvalue weighted by Gasteiger charge is 2.38. The average Bonchev–Trinajstić information content (AvgIpc) is 3.47. The summed E-state index contributed by atoms with van der Waals surface area (Å²) in [5.74, 6) is -1.14. The molecular weight excluding hydrogens is 625 g/mol. The van der Waals surface area contributed by atoms with Gasteiger partial charge in [-0.2, -0.15) is 0 Å². The van der Waals surface area contributed by atoms with E-state index in [0.717, 1.165) is 12.8 Å². The zero-order valence-corrected chi connectivity index (χ0v) is 25.4. The van der Waals surface area contributed by atoms with Crippen molar-refractivity contribution in [1.82, 2.24) is 0 Å². The van der Waals surface area contributed by atoms with Gasteiger partial charge in [-0.25, -0.2) is 8.78 Å². The Bertz CT molecular complexity index is 1670. The van der Waals surface area contributed by atoms with E-state index in [1.54, 1.807) is 21.9 Å². The fourth-order valence-corrected chi connectivity index (χ4v) is 7.12. The number of nitro benzene ring substituents is 2. The highest BCUT2D eigenvalue weighted by atomic mass is 35.5. The zero-order valence-electron chi connectivity index (χ0n) is 23.9. The minimum absolute atomic E-state index is 0.0318. The predicted octanol–water partition coefficient (Wildman–Crippen LogP) is 9.55. The standard InChI is InChI=1S/C33H28Cl2F2N4O4/c34-25-8-6-22(16-31(25)40(42)43)29-10-11-30(23-7-9-26(35)32(17-23)41(44)45)39(29)24-18-27(36)33(28(37)19-24)38-14-12-21(13-15-38)20-4-2-1-3-5-20/h1-9,16-19,21,29-30H,10-15H2. The van der Waals surface area contributed by atoms with E-state index in [1.165, 1.54) is 42.0 Å². The average molecular weight is 654 g/mol. The SMILES string of the molecule is O=[N+]([O-])c1cc(C2CCC(c3ccc(Cl)c([N+](=O)[O-])c3)N2c2cc(F)c(N3CCC(c4ccccc4)CC3)c(F)c2)ccc1Cl. The quantitative estimate of drug-likeness (QED) is 0.146. The summed E-state index contributed by atoms with van der Waals surface area (Å²) < 4.78 is 31.9. The van der Waals surface area contributed by atoms with Crippen LogP contribution in [0.15, 0.2) is 78.9 Å². The largest absolute Gasteiger partial charge is 0.367 e. The van der Waals surface area contributed by atoms with Crippen molar-refractivity contribution < 1.29 is 18.6 Å². The van der Waals surface area contributed by atoms with Crippen LogP contribution in [0.2, 0.25) is 10.0 Å². The topological polar surface area (TPSA) is 92.8 Å². The Kier molecular flexibility index (Phi) is 8.61. The maximum Gasteiger partial charge on any atom is 0.288 e. The summed E-state index contributed by atoms with van der Waals surface area (Å²) in [6.45, 7) is 0.981. The molecule has 0 amide bonds. The molecule has 0 saturated carbocycles. The molecule has 6 rings (SSSR count). The number of halogens is 4. The Labute approximate surface area is 268 Å². The van der Waals surface area contributed by atoms with Crippen LogP contribution < -0.4 is 9.80 Å². The molecule has 0 N–H and O–H groups in total. The smallest absolute Gasteiger partial charge is 0.288 e. The second kappa shape index (κ2) is 12.6. The van der Waals surface area contributed by atoms with Gasteiger partial charge < -0.3 is 9.80 Å². The van der Waals surface area contributed by atoms with Crippen LogP contribution in [-0.4, -0.2) is 22.9 Å². The molecule has 2 unspecified atom stereocenters. The Morgan fingerprint density at radius 3 is 1.62 bits per heavy atom. The molecule has 2 saturated heterocycles. The van der Waals surface area contributed by atoms with Crippen molar-refractivity contribution >= 4 is 46.0 Å². The molecule has 4 aromatic rings. The number of anilines is 2. The Hall–Kier alpha value is -4.28. The number of hydrogen-bond acceptors (Lipinski definition) is 6. The van der Waals surface area contributed by atoms with Crippen molar-refractivity contribution in [3.05, 3.63) is 137 Å². The highest BCUT2D eigenvalue weighted by Crippen LogP contribution is 2.49. The molecule has 2 atom stereocenters. The van der Waals surface area contributed by atoms with Crippen molar-refractivity contribution in [3.8, 4) is 0 Å². The Balaban J connectivity index is 1.37. The number of benzene rings is 4. The summed E-state index contributed by atoms with van der Waals surface area (Å²) in [5.41, 5.74) is 1.83. The molecular formula is C33H28Cl2F2N4O4. The molecule has 2 fully saturated rings. The van der Waals surface area contributed by atoms with Gasteiger partial charge in [0.15, 0.2) is 11.6 Å². The first-order valence-electron chi connectivity index (χ1n) is 14.6. The molecule has 0 aliphatic carbocycles. The summed E-state index contributed by atoms with van der Waals surface area (Å²) in [4.78, 5) is 25.7. The first-order chi connectivity index (χ1) is 21.6. The maximum atomic E-state index is 16.0. The molecule has 45 heavy (non-hydrogen) atoms. The molecule has 4 aromatic carbocycles. The van der Waals surface area contributed by atoms with Crippen LogP contribution >= 0.6 is 23.2 Å². The van der Waals surface area contributed by atoms with Gasteiger partial charge >= 0.3 is 0 Å². The van der Waals surface area contributed by atoms with Crippen molar-refractivity contribution in [2.75, 3.05) is 22.9 Å². The minimum Gasteiger partial charge on any atom is -0.367 e. The molecule has 12 heteroatoms. The predicted molar refractivity (Wildman–Crippen MR) is 170 cm³/mol. The molecule has 8 nitrogen and oxygen atoms in total. The monoisotopic (exact) mass is 652 g/mol. The van der Waals surface area contributed by atoms with E-state index >= 15 is 8.78 Å². The lowest BCUT2D eigenvalue weighted by Gasteiger charge is -2.36. The number of hydrogen-bond donors (Lipinski definition) is 0. The van der Waals surface area contributed by atoms with Gasteiger partial charge in [0.2, 0.25) is 0 Å². The fourth-order valence-electron chi connectivity index (χ4n) is 6.74. The Morgan fingerprint density at radius 2 is 1.16 bits per heavy atom. The first kappa shape index (κ1) is 30.7. The normalized spacial score (nSPS) is 18.8. The lowest BCUT2D eigenvalue weighted by Crippen LogP contribution is -2.34. The molecule has 0 bridgehead atoms. The molecule has 0 aromatic heterocycles. The first-order valence-corrected chi connectivity index (χ1v) is 15.3. The maximum absolute atomic E-state index is 16.0. The summed E-state index contributed by atoms with van der Waals surface area (Å²) in [7, 11) is 0. The summed E-state index contributed by atoms with van der Waals surface area (Å²) in [6, 6.07) is 20.5. The van der Waals surface area contributed by atoms with E-state index in [9.17, 15) is 20.2 Å². The molecule has 232 valence electrons. The zero-order chi connectivity index (χ0) is 31.8. The number of nitro groups is 2. The third-order valence-electron chi connectivity index (χ3n) is 8.87. The van der Waals surface area contributed by atoms with Gasteiger partial charge in [0.1, 0.15) is 15.7 Å².